The number of hydrogen-bond donors (Lipinski definition) is 3. The van der Waals surface area contributed by atoms with E-state index in [9.17, 15) is 5.11 Å². The van der Waals surface area contributed by atoms with Crippen LogP contribution in [-0.2, 0) is 0 Å². The Morgan fingerprint density at radius 1 is 1.42 bits per heavy atom. The molecule has 0 radical (unpaired) electrons. The molecule has 62 valence electrons. The fourth-order valence-electron chi connectivity index (χ4n) is 1.30. The van der Waals surface area contributed by atoms with E-state index < -0.39 is 0 Å². The van der Waals surface area contributed by atoms with Crippen molar-refractivity contribution in [3.05, 3.63) is 23.9 Å². The van der Waals surface area contributed by atoms with Gasteiger partial charge in [-0.3, -0.25) is 0 Å². The maximum Gasteiger partial charge on any atom is 0.196 e. The minimum atomic E-state index is 0.178. The van der Waals surface area contributed by atoms with Gasteiger partial charge in [0.1, 0.15) is 0 Å². The molecule has 4 N–H and O–H groups in total. The number of nitrogens with one attached hydrogen (secondary N) is 1. The maximum atomic E-state index is 9.32. The topological polar surface area (TPSA) is 62.0 Å². The van der Waals surface area contributed by atoms with Crippen LogP contribution in [0.5, 0.6) is 5.88 Å². The fourth-order valence-corrected chi connectivity index (χ4v) is 1.30. The molecule has 1 heterocycles. The third-order valence-electron chi connectivity index (χ3n) is 2.06. The number of nitrogens with two attached hydrogens (primary N) is 1. The quantitative estimate of drug-likeness (QED) is 0.517. The van der Waals surface area contributed by atoms with Crippen LogP contribution in [0.15, 0.2) is 18.3 Å². The third kappa shape index (κ3) is 0.830. The predicted octanol–water partition coefficient (Wildman–Crippen LogP) is 1.76. The van der Waals surface area contributed by atoms with E-state index in [0.29, 0.717) is 5.69 Å². The highest BCUT2D eigenvalue weighted by Crippen LogP contribution is 2.27. The van der Waals surface area contributed by atoms with E-state index in [1.807, 2.05) is 13.0 Å². The second-order valence-corrected chi connectivity index (χ2v) is 2.93. The van der Waals surface area contributed by atoms with Crippen molar-refractivity contribution in [1.29, 1.82) is 0 Å². The SMILES string of the molecule is Cc1cc2c[nH]c(O)c2cc1N. The van der Waals surface area contributed by atoms with Gasteiger partial charge in [-0.05, 0) is 24.6 Å². The monoisotopic (exact) mass is 162 g/mol. The molecule has 1 aromatic carbocycles. The molecule has 0 aliphatic rings. The van der Waals surface area contributed by atoms with E-state index in [-0.39, 0.29) is 5.88 Å². The van der Waals surface area contributed by atoms with Crippen molar-refractivity contribution in [2.45, 2.75) is 6.92 Å². The Labute approximate surface area is 69.8 Å². The van der Waals surface area contributed by atoms with Gasteiger partial charge in [0.05, 0.1) is 0 Å². The summed E-state index contributed by atoms with van der Waals surface area (Å²) < 4.78 is 0. The van der Waals surface area contributed by atoms with Gasteiger partial charge in [0.2, 0.25) is 0 Å². The van der Waals surface area contributed by atoms with Crippen molar-refractivity contribution in [3.8, 4) is 5.88 Å². The highest BCUT2D eigenvalue weighted by Gasteiger charge is 2.03. The van der Waals surface area contributed by atoms with Gasteiger partial charge in [-0.2, -0.15) is 0 Å². The summed E-state index contributed by atoms with van der Waals surface area (Å²) >= 11 is 0. The lowest BCUT2D eigenvalue weighted by Gasteiger charge is -1.98. The Morgan fingerprint density at radius 2 is 2.17 bits per heavy atom. The van der Waals surface area contributed by atoms with Crippen molar-refractivity contribution >= 4 is 16.5 Å². The molecular weight excluding hydrogens is 152 g/mol. The molecule has 0 spiro atoms. The summed E-state index contributed by atoms with van der Waals surface area (Å²) in [4.78, 5) is 2.73. The van der Waals surface area contributed by atoms with Crippen LogP contribution in [0.3, 0.4) is 0 Å². The molecular formula is C9H10N2O. The maximum absolute atomic E-state index is 9.32. The zero-order valence-corrected chi connectivity index (χ0v) is 6.76. The van der Waals surface area contributed by atoms with E-state index >= 15 is 0 Å². The van der Waals surface area contributed by atoms with Crippen molar-refractivity contribution < 1.29 is 5.11 Å². The van der Waals surface area contributed by atoms with Gasteiger partial charge in [0.15, 0.2) is 5.88 Å². The lowest BCUT2D eigenvalue weighted by Crippen LogP contribution is -1.87. The van der Waals surface area contributed by atoms with Crippen LogP contribution in [0.1, 0.15) is 5.56 Å². The Bertz CT molecular complexity index is 431. The molecule has 3 heteroatoms. The molecule has 0 atom stereocenters. The highest BCUT2D eigenvalue weighted by molar-refractivity contribution is 5.90. The van der Waals surface area contributed by atoms with Crippen LogP contribution in [0.25, 0.3) is 10.8 Å². The third-order valence-corrected chi connectivity index (χ3v) is 2.06. The first-order chi connectivity index (χ1) is 5.68. The summed E-state index contributed by atoms with van der Waals surface area (Å²) in [5.41, 5.74) is 7.42. The van der Waals surface area contributed by atoms with Crippen LogP contribution in [0.2, 0.25) is 0 Å². The Kier molecular flexibility index (Phi) is 1.27. The number of fused-ring (bicyclic) bond motifs is 1. The van der Waals surface area contributed by atoms with Crippen molar-refractivity contribution in [1.82, 2.24) is 4.98 Å². The molecule has 0 aliphatic heterocycles. The van der Waals surface area contributed by atoms with Gasteiger partial charge in [-0.1, -0.05) is 0 Å². The zero-order valence-electron chi connectivity index (χ0n) is 6.76. The number of nitrogen functional groups attached to an aromatic ring is 1. The number of H-pyrrole nitrogens is 1. The first-order valence-corrected chi connectivity index (χ1v) is 3.74. The molecule has 2 rings (SSSR count). The summed E-state index contributed by atoms with van der Waals surface area (Å²) in [5.74, 6) is 0.178. The van der Waals surface area contributed by atoms with Crippen LogP contribution in [0, 0.1) is 6.92 Å². The number of hydrogen-bond acceptors (Lipinski definition) is 2. The average Bonchev–Trinajstić information content (AvgIpc) is 2.35. The number of anilines is 1. The number of aryl methyl sites for hydroxylation is 1. The molecule has 0 saturated carbocycles. The molecule has 1 aromatic heterocycles. The van der Waals surface area contributed by atoms with E-state index in [0.717, 1.165) is 16.3 Å². The smallest absolute Gasteiger partial charge is 0.196 e. The Balaban J connectivity index is 2.87. The van der Waals surface area contributed by atoms with Crippen LogP contribution < -0.4 is 5.73 Å². The van der Waals surface area contributed by atoms with E-state index in [2.05, 4.69) is 4.98 Å². The number of aromatic nitrogens is 1. The summed E-state index contributed by atoms with van der Waals surface area (Å²) in [5, 5.41) is 11.1. The first-order valence-electron chi connectivity index (χ1n) is 3.74. The molecule has 0 saturated heterocycles. The van der Waals surface area contributed by atoms with Crippen molar-refractivity contribution in [3.63, 3.8) is 0 Å². The summed E-state index contributed by atoms with van der Waals surface area (Å²) in [7, 11) is 0. The second kappa shape index (κ2) is 2.17. The number of aromatic hydroxyl groups is 1. The molecule has 0 fully saturated rings. The molecule has 0 aliphatic carbocycles. The number of benzene rings is 1. The van der Waals surface area contributed by atoms with Crippen molar-refractivity contribution in [2.24, 2.45) is 0 Å². The summed E-state index contributed by atoms with van der Waals surface area (Å²) in [6.07, 6.45) is 1.76. The highest BCUT2D eigenvalue weighted by atomic mass is 16.3. The average molecular weight is 162 g/mol. The fraction of sp³-hybridized carbons (Fsp3) is 0.111. The van der Waals surface area contributed by atoms with E-state index in [1.54, 1.807) is 12.3 Å². The van der Waals surface area contributed by atoms with E-state index in [1.165, 1.54) is 0 Å². The van der Waals surface area contributed by atoms with Gasteiger partial charge < -0.3 is 15.8 Å². The van der Waals surface area contributed by atoms with Gasteiger partial charge in [-0.25, -0.2) is 0 Å². The summed E-state index contributed by atoms with van der Waals surface area (Å²) in [6.45, 7) is 1.94. The molecule has 0 amide bonds. The first kappa shape index (κ1) is 7.03. The summed E-state index contributed by atoms with van der Waals surface area (Å²) in [6, 6.07) is 3.72. The Morgan fingerprint density at radius 3 is 2.92 bits per heavy atom. The molecule has 2 aromatic rings. The lowest BCUT2D eigenvalue weighted by molar-refractivity contribution is 0.462. The molecule has 3 nitrogen and oxygen atoms in total. The predicted molar refractivity (Wildman–Crippen MR) is 49.1 cm³/mol. The van der Waals surface area contributed by atoms with Crippen LogP contribution >= 0.6 is 0 Å². The standard InChI is InChI=1S/C9H10N2O/c1-5-2-6-4-11-9(12)7(6)3-8(5)10/h2-4,11-12H,10H2,1H3. The largest absolute Gasteiger partial charge is 0.494 e. The normalized spacial score (nSPS) is 10.8. The lowest BCUT2D eigenvalue weighted by atomic mass is 10.1. The van der Waals surface area contributed by atoms with Crippen molar-refractivity contribution in [2.75, 3.05) is 5.73 Å². The van der Waals surface area contributed by atoms with E-state index in [4.69, 9.17) is 5.73 Å². The second-order valence-electron chi connectivity index (χ2n) is 2.93. The van der Waals surface area contributed by atoms with Crippen LogP contribution in [-0.4, -0.2) is 10.1 Å². The molecule has 0 unspecified atom stereocenters. The minimum Gasteiger partial charge on any atom is -0.494 e. The number of rotatable bonds is 0. The van der Waals surface area contributed by atoms with Gasteiger partial charge in [-0.15, -0.1) is 0 Å². The zero-order chi connectivity index (χ0) is 8.72. The molecule has 0 bridgehead atoms. The van der Waals surface area contributed by atoms with Gasteiger partial charge in [0, 0.05) is 22.7 Å². The van der Waals surface area contributed by atoms with Gasteiger partial charge in [0.25, 0.3) is 0 Å². The molecule has 12 heavy (non-hydrogen) atoms. The minimum absolute atomic E-state index is 0.178. The van der Waals surface area contributed by atoms with Gasteiger partial charge >= 0.3 is 0 Å². The van der Waals surface area contributed by atoms with Crippen LogP contribution in [0.4, 0.5) is 5.69 Å². The number of aromatic amines is 1. The Hall–Kier alpha value is -1.64.